The van der Waals surface area contributed by atoms with Crippen molar-refractivity contribution in [3.63, 3.8) is 0 Å². The first-order valence-corrected chi connectivity index (χ1v) is 9.05. The van der Waals surface area contributed by atoms with Gasteiger partial charge in [0.1, 0.15) is 0 Å². The Labute approximate surface area is 158 Å². The highest BCUT2D eigenvalue weighted by molar-refractivity contribution is 5.87. The highest BCUT2D eigenvalue weighted by Gasteiger charge is 2.36. The Morgan fingerprint density at radius 3 is 2.19 bits per heavy atom. The Bertz CT molecular complexity index is 782. The van der Waals surface area contributed by atoms with Crippen LogP contribution in [0.2, 0.25) is 0 Å². The molecule has 0 spiro atoms. The number of rotatable bonds is 5. The number of aliphatic hydroxyl groups excluding tert-OH is 1. The van der Waals surface area contributed by atoms with Crippen LogP contribution < -0.4 is 5.32 Å². The van der Waals surface area contributed by atoms with E-state index in [1.807, 2.05) is 30.3 Å². The van der Waals surface area contributed by atoms with Crippen LogP contribution in [0.3, 0.4) is 0 Å². The predicted molar refractivity (Wildman–Crippen MR) is 102 cm³/mol. The van der Waals surface area contributed by atoms with Crippen molar-refractivity contribution in [2.24, 2.45) is 0 Å². The van der Waals surface area contributed by atoms with Gasteiger partial charge in [-0.3, -0.25) is 0 Å². The summed E-state index contributed by atoms with van der Waals surface area (Å²) >= 11 is 0. The number of piperidine rings is 1. The van der Waals surface area contributed by atoms with Crippen molar-refractivity contribution >= 4 is 12.0 Å². The molecule has 0 aliphatic carbocycles. The van der Waals surface area contributed by atoms with Gasteiger partial charge < -0.3 is 20.4 Å². The average molecular weight is 368 g/mol. The number of amides is 2. The molecule has 2 amide bonds. The summed E-state index contributed by atoms with van der Waals surface area (Å²) in [4.78, 5) is 25.1. The highest BCUT2D eigenvalue weighted by Crippen LogP contribution is 2.35. The van der Waals surface area contributed by atoms with Crippen LogP contribution in [0, 0.1) is 0 Å². The SMILES string of the molecule is O=C(O)c1ccc(CNC(=O)N2CCC(CO)(c3ccccc3)CC2)cc1. The van der Waals surface area contributed by atoms with Crippen molar-refractivity contribution < 1.29 is 19.8 Å². The quantitative estimate of drug-likeness (QED) is 0.757. The molecule has 0 unspecified atom stereocenters. The molecular weight excluding hydrogens is 344 g/mol. The molecule has 0 atom stereocenters. The Morgan fingerprint density at radius 2 is 1.63 bits per heavy atom. The summed E-state index contributed by atoms with van der Waals surface area (Å²) in [7, 11) is 0. The van der Waals surface area contributed by atoms with Gasteiger partial charge in [0.2, 0.25) is 0 Å². The monoisotopic (exact) mass is 368 g/mol. The van der Waals surface area contributed by atoms with Crippen LogP contribution in [0.25, 0.3) is 0 Å². The second kappa shape index (κ2) is 8.22. The molecule has 0 aromatic heterocycles. The van der Waals surface area contributed by atoms with E-state index in [0.29, 0.717) is 32.5 Å². The number of carboxylic acids is 1. The number of nitrogens with one attached hydrogen (secondary N) is 1. The summed E-state index contributed by atoms with van der Waals surface area (Å²) in [5.41, 5.74) is 1.90. The molecule has 142 valence electrons. The zero-order chi connectivity index (χ0) is 19.3. The maximum absolute atomic E-state index is 12.4. The summed E-state index contributed by atoms with van der Waals surface area (Å²) in [6, 6.07) is 16.3. The van der Waals surface area contributed by atoms with E-state index in [1.165, 1.54) is 12.1 Å². The van der Waals surface area contributed by atoms with Crippen LogP contribution in [0.15, 0.2) is 54.6 Å². The highest BCUT2D eigenvalue weighted by atomic mass is 16.4. The molecule has 0 radical (unpaired) electrons. The van der Waals surface area contributed by atoms with E-state index in [2.05, 4.69) is 5.32 Å². The minimum atomic E-state index is -0.968. The topological polar surface area (TPSA) is 89.9 Å². The van der Waals surface area contributed by atoms with E-state index in [4.69, 9.17) is 5.11 Å². The van der Waals surface area contributed by atoms with Gasteiger partial charge in [-0.25, -0.2) is 9.59 Å². The van der Waals surface area contributed by atoms with E-state index in [-0.39, 0.29) is 23.6 Å². The fraction of sp³-hybridized carbons (Fsp3) is 0.333. The lowest BCUT2D eigenvalue weighted by molar-refractivity contribution is 0.0697. The number of carboxylic acid groups (broad SMARTS) is 1. The van der Waals surface area contributed by atoms with Gasteiger partial charge >= 0.3 is 12.0 Å². The fourth-order valence-electron chi connectivity index (χ4n) is 3.52. The van der Waals surface area contributed by atoms with Crippen LogP contribution in [0.4, 0.5) is 4.79 Å². The van der Waals surface area contributed by atoms with Crippen molar-refractivity contribution in [1.82, 2.24) is 10.2 Å². The molecule has 6 nitrogen and oxygen atoms in total. The standard InChI is InChI=1S/C21H24N2O4/c24-15-21(18-4-2-1-3-5-18)10-12-23(13-11-21)20(27)22-14-16-6-8-17(9-7-16)19(25)26/h1-9,24H,10-15H2,(H,22,27)(H,25,26). The zero-order valence-electron chi connectivity index (χ0n) is 15.1. The summed E-state index contributed by atoms with van der Waals surface area (Å²) in [6.45, 7) is 1.58. The molecule has 3 N–H and O–H groups in total. The third kappa shape index (κ3) is 4.28. The second-order valence-electron chi connectivity index (χ2n) is 6.95. The van der Waals surface area contributed by atoms with Gasteiger partial charge in [0.25, 0.3) is 0 Å². The van der Waals surface area contributed by atoms with E-state index in [1.54, 1.807) is 17.0 Å². The first kappa shape index (κ1) is 18.9. The average Bonchev–Trinajstić information content (AvgIpc) is 2.73. The van der Waals surface area contributed by atoms with Gasteiger partial charge in [0.05, 0.1) is 12.2 Å². The number of hydrogen-bond acceptors (Lipinski definition) is 3. The Hall–Kier alpha value is -2.86. The van der Waals surface area contributed by atoms with E-state index >= 15 is 0 Å². The van der Waals surface area contributed by atoms with Gasteiger partial charge in [-0.1, -0.05) is 42.5 Å². The lowest BCUT2D eigenvalue weighted by Gasteiger charge is -2.41. The maximum Gasteiger partial charge on any atom is 0.335 e. The molecular formula is C21H24N2O4. The van der Waals surface area contributed by atoms with Gasteiger partial charge in [-0.2, -0.15) is 0 Å². The zero-order valence-corrected chi connectivity index (χ0v) is 15.1. The van der Waals surface area contributed by atoms with Crippen molar-refractivity contribution in [2.45, 2.75) is 24.8 Å². The summed E-state index contributed by atoms with van der Waals surface area (Å²) in [5.74, 6) is -0.968. The molecule has 0 saturated carbocycles. The number of carbonyl (C=O) groups is 2. The largest absolute Gasteiger partial charge is 0.478 e. The molecule has 1 aliphatic heterocycles. The number of benzene rings is 2. The summed E-state index contributed by atoms with van der Waals surface area (Å²) in [5, 5.41) is 21.8. The normalized spacial score (nSPS) is 16.0. The minimum Gasteiger partial charge on any atom is -0.478 e. The number of aromatic carboxylic acids is 1. The molecule has 2 aromatic carbocycles. The van der Waals surface area contributed by atoms with Crippen LogP contribution in [0.1, 0.15) is 34.3 Å². The number of likely N-dealkylation sites (tertiary alicyclic amines) is 1. The molecule has 6 heteroatoms. The lowest BCUT2D eigenvalue weighted by atomic mass is 9.73. The number of aliphatic hydroxyl groups is 1. The fourth-order valence-corrected chi connectivity index (χ4v) is 3.52. The molecule has 1 saturated heterocycles. The first-order valence-electron chi connectivity index (χ1n) is 9.05. The number of carbonyl (C=O) groups excluding carboxylic acids is 1. The Balaban J connectivity index is 1.54. The van der Waals surface area contributed by atoms with Crippen molar-refractivity contribution in [1.29, 1.82) is 0 Å². The van der Waals surface area contributed by atoms with Crippen molar-refractivity contribution in [3.05, 3.63) is 71.3 Å². The van der Waals surface area contributed by atoms with Crippen LogP contribution in [-0.2, 0) is 12.0 Å². The molecule has 1 fully saturated rings. The molecule has 0 bridgehead atoms. The van der Waals surface area contributed by atoms with Crippen LogP contribution in [-0.4, -0.2) is 46.8 Å². The Morgan fingerprint density at radius 1 is 1.00 bits per heavy atom. The number of hydrogen-bond donors (Lipinski definition) is 3. The van der Waals surface area contributed by atoms with Gasteiger partial charge in [-0.15, -0.1) is 0 Å². The van der Waals surface area contributed by atoms with Crippen LogP contribution in [0.5, 0.6) is 0 Å². The number of urea groups is 1. The summed E-state index contributed by atoms with van der Waals surface area (Å²) < 4.78 is 0. The molecule has 27 heavy (non-hydrogen) atoms. The third-order valence-electron chi connectivity index (χ3n) is 5.34. The van der Waals surface area contributed by atoms with E-state index in [9.17, 15) is 14.7 Å². The molecule has 3 rings (SSSR count). The van der Waals surface area contributed by atoms with Crippen molar-refractivity contribution in [3.8, 4) is 0 Å². The molecule has 1 heterocycles. The second-order valence-corrected chi connectivity index (χ2v) is 6.95. The van der Waals surface area contributed by atoms with E-state index < -0.39 is 5.97 Å². The third-order valence-corrected chi connectivity index (χ3v) is 5.34. The van der Waals surface area contributed by atoms with Gasteiger partial charge in [-0.05, 0) is 36.1 Å². The minimum absolute atomic E-state index is 0.0718. The van der Waals surface area contributed by atoms with Gasteiger partial charge in [0.15, 0.2) is 0 Å². The molecule has 2 aromatic rings. The lowest BCUT2D eigenvalue weighted by Crippen LogP contribution is -2.49. The Kier molecular flexibility index (Phi) is 5.76. The maximum atomic E-state index is 12.4. The predicted octanol–water partition coefficient (Wildman–Crippen LogP) is 2.62. The van der Waals surface area contributed by atoms with Crippen molar-refractivity contribution in [2.75, 3.05) is 19.7 Å². The summed E-state index contributed by atoms with van der Waals surface area (Å²) in [6.07, 6.45) is 1.43. The van der Waals surface area contributed by atoms with Crippen LogP contribution >= 0.6 is 0 Å². The van der Waals surface area contributed by atoms with E-state index in [0.717, 1.165) is 11.1 Å². The first-order chi connectivity index (χ1) is 13.0. The number of nitrogens with zero attached hydrogens (tertiary/aromatic N) is 1. The molecule has 1 aliphatic rings. The smallest absolute Gasteiger partial charge is 0.335 e. The van der Waals surface area contributed by atoms with Gasteiger partial charge in [0, 0.05) is 25.0 Å².